The summed E-state index contributed by atoms with van der Waals surface area (Å²) in [6.07, 6.45) is 5.79. The van der Waals surface area contributed by atoms with Crippen molar-refractivity contribution in [1.29, 1.82) is 5.26 Å². The van der Waals surface area contributed by atoms with Gasteiger partial charge in [-0.25, -0.2) is 4.98 Å². The third-order valence-corrected chi connectivity index (χ3v) is 5.15. The van der Waals surface area contributed by atoms with E-state index < -0.39 is 0 Å². The second-order valence-electron chi connectivity index (χ2n) is 5.70. The maximum absolute atomic E-state index is 12.1. The molecule has 1 unspecified atom stereocenters. The fourth-order valence-corrected chi connectivity index (χ4v) is 3.79. The third kappa shape index (κ3) is 3.09. The summed E-state index contributed by atoms with van der Waals surface area (Å²) in [5.74, 6) is 2.58. The number of hydrogen-bond acceptors (Lipinski definition) is 5. The van der Waals surface area contributed by atoms with Crippen molar-refractivity contribution in [3.05, 3.63) is 44.5 Å². The summed E-state index contributed by atoms with van der Waals surface area (Å²) in [7, 11) is 0. The van der Waals surface area contributed by atoms with E-state index >= 15 is 0 Å². The maximum Gasteiger partial charge on any atom is 0.271 e. The van der Waals surface area contributed by atoms with Crippen LogP contribution in [0.4, 0.5) is 5.82 Å². The van der Waals surface area contributed by atoms with Gasteiger partial charge in [0.1, 0.15) is 11.9 Å². The number of anilines is 1. The van der Waals surface area contributed by atoms with Crippen molar-refractivity contribution in [3.63, 3.8) is 0 Å². The maximum atomic E-state index is 12.1. The number of nitrogens with zero attached hydrogens (tertiary/aromatic N) is 2. The van der Waals surface area contributed by atoms with Crippen LogP contribution in [0.3, 0.4) is 0 Å². The van der Waals surface area contributed by atoms with Gasteiger partial charge in [-0.3, -0.25) is 4.79 Å². The van der Waals surface area contributed by atoms with Gasteiger partial charge < -0.3 is 10.3 Å². The molecule has 6 heteroatoms. The summed E-state index contributed by atoms with van der Waals surface area (Å²) < 4.78 is 0. The zero-order chi connectivity index (χ0) is 15.5. The Kier molecular flexibility index (Phi) is 4.34. The molecule has 1 aromatic heterocycles. The van der Waals surface area contributed by atoms with Gasteiger partial charge in [0.25, 0.3) is 5.56 Å². The average molecular weight is 314 g/mol. The zero-order valence-electron chi connectivity index (χ0n) is 12.5. The SMILES string of the molecule is CC1CSC=C1Cc1nc(NC2=CCCC2)c(C#N)c(=O)[nH]1. The number of thioether (sulfide) groups is 1. The van der Waals surface area contributed by atoms with E-state index in [2.05, 4.69) is 33.7 Å². The van der Waals surface area contributed by atoms with Crippen molar-refractivity contribution in [3.8, 4) is 6.07 Å². The highest BCUT2D eigenvalue weighted by molar-refractivity contribution is 8.02. The highest BCUT2D eigenvalue weighted by atomic mass is 32.2. The van der Waals surface area contributed by atoms with Crippen molar-refractivity contribution in [2.75, 3.05) is 11.1 Å². The monoisotopic (exact) mass is 314 g/mol. The third-order valence-electron chi connectivity index (χ3n) is 3.99. The van der Waals surface area contributed by atoms with E-state index in [1.165, 1.54) is 5.57 Å². The molecule has 0 radical (unpaired) electrons. The summed E-state index contributed by atoms with van der Waals surface area (Å²) >= 11 is 1.79. The van der Waals surface area contributed by atoms with Crippen LogP contribution < -0.4 is 10.9 Å². The first-order chi connectivity index (χ1) is 10.7. The highest BCUT2D eigenvalue weighted by Crippen LogP contribution is 2.29. The van der Waals surface area contributed by atoms with Crippen molar-refractivity contribution in [2.45, 2.75) is 32.6 Å². The molecule has 0 spiro atoms. The van der Waals surface area contributed by atoms with Gasteiger partial charge in [0, 0.05) is 17.9 Å². The van der Waals surface area contributed by atoms with Crippen LogP contribution in [0.1, 0.15) is 37.6 Å². The molecule has 2 heterocycles. The van der Waals surface area contributed by atoms with Gasteiger partial charge in [-0.05, 0) is 30.6 Å². The fraction of sp³-hybridized carbons (Fsp3) is 0.438. The quantitative estimate of drug-likeness (QED) is 0.893. The molecule has 22 heavy (non-hydrogen) atoms. The van der Waals surface area contributed by atoms with Gasteiger partial charge in [-0.1, -0.05) is 18.6 Å². The number of H-pyrrole nitrogens is 1. The number of nitriles is 1. The van der Waals surface area contributed by atoms with Crippen molar-refractivity contribution in [2.24, 2.45) is 5.92 Å². The van der Waals surface area contributed by atoms with Gasteiger partial charge in [0.2, 0.25) is 0 Å². The normalized spacial score (nSPS) is 20.5. The Morgan fingerprint density at radius 2 is 2.45 bits per heavy atom. The Hall–Kier alpha value is -2.00. The largest absolute Gasteiger partial charge is 0.343 e. The lowest BCUT2D eigenvalue weighted by Crippen LogP contribution is -2.19. The molecule has 1 aromatic rings. The first-order valence-electron chi connectivity index (χ1n) is 7.47. The Bertz CT molecular complexity index is 741. The van der Waals surface area contributed by atoms with Crippen molar-refractivity contribution in [1.82, 2.24) is 9.97 Å². The Labute approximate surface area is 133 Å². The lowest BCUT2D eigenvalue weighted by Gasteiger charge is -2.11. The van der Waals surface area contributed by atoms with Crippen LogP contribution in [0, 0.1) is 17.2 Å². The molecule has 3 rings (SSSR count). The summed E-state index contributed by atoms with van der Waals surface area (Å²) in [4.78, 5) is 19.3. The van der Waals surface area contributed by atoms with E-state index in [0.29, 0.717) is 24.0 Å². The summed E-state index contributed by atoms with van der Waals surface area (Å²) in [5, 5.41) is 14.5. The molecular weight excluding hydrogens is 296 g/mol. The first-order valence-corrected chi connectivity index (χ1v) is 8.52. The molecule has 5 nitrogen and oxygen atoms in total. The highest BCUT2D eigenvalue weighted by Gasteiger charge is 2.18. The molecule has 1 aliphatic heterocycles. The van der Waals surface area contributed by atoms with Gasteiger partial charge >= 0.3 is 0 Å². The number of aromatic nitrogens is 2. The minimum absolute atomic E-state index is 0.0550. The molecule has 0 aromatic carbocycles. The Morgan fingerprint density at radius 1 is 1.59 bits per heavy atom. The lowest BCUT2D eigenvalue weighted by molar-refractivity contribution is 0.748. The number of aromatic amines is 1. The van der Waals surface area contributed by atoms with Crippen LogP contribution >= 0.6 is 11.8 Å². The van der Waals surface area contributed by atoms with Gasteiger partial charge in [0.15, 0.2) is 11.4 Å². The fourth-order valence-electron chi connectivity index (χ4n) is 2.67. The van der Waals surface area contributed by atoms with Crippen molar-refractivity contribution >= 4 is 17.6 Å². The standard InChI is InChI=1S/C16H18N4OS/c1-10-8-22-9-11(10)6-14-19-15(13(7-17)16(21)20-14)18-12-4-2-3-5-12/h4,9-10H,2-3,5-6,8H2,1H3,(H2,18,19,20,21). The molecule has 0 bridgehead atoms. The van der Waals surface area contributed by atoms with E-state index in [1.54, 1.807) is 11.8 Å². The zero-order valence-corrected chi connectivity index (χ0v) is 13.3. The van der Waals surface area contributed by atoms with Crippen LogP contribution in [0.25, 0.3) is 0 Å². The molecule has 2 N–H and O–H groups in total. The minimum atomic E-state index is -0.368. The van der Waals surface area contributed by atoms with Crippen LogP contribution in [0.5, 0.6) is 0 Å². The van der Waals surface area contributed by atoms with E-state index in [1.807, 2.05) is 6.07 Å². The van der Waals surface area contributed by atoms with E-state index in [-0.39, 0.29) is 11.1 Å². The van der Waals surface area contributed by atoms with E-state index in [9.17, 15) is 10.1 Å². The minimum Gasteiger partial charge on any atom is -0.343 e. The molecule has 1 aliphatic carbocycles. The van der Waals surface area contributed by atoms with Gasteiger partial charge in [-0.15, -0.1) is 11.8 Å². The lowest BCUT2D eigenvalue weighted by atomic mass is 10.0. The first kappa shape index (κ1) is 14.9. The number of allylic oxidation sites excluding steroid dienone is 3. The van der Waals surface area contributed by atoms with Crippen LogP contribution in [0.2, 0.25) is 0 Å². The summed E-state index contributed by atoms with van der Waals surface area (Å²) in [5.41, 5.74) is 2.01. The van der Waals surface area contributed by atoms with Crippen LogP contribution in [-0.2, 0) is 6.42 Å². The average Bonchev–Trinajstić information content (AvgIpc) is 3.12. The second-order valence-corrected chi connectivity index (χ2v) is 6.60. The Morgan fingerprint density at radius 3 is 3.09 bits per heavy atom. The smallest absolute Gasteiger partial charge is 0.271 e. The molecule has 0 saturated heterocycles. The predicted molar refractivity (Wildman–Crippen MR) is 88.5 cm³/mol. The molecule has 2 aliphatic rings. The predicted octanol–water partition coefficient (Wildman–Crippen LogP) is 2.93. The topological polar surface area (TPSA) is 81.6 Å². The number of rotatable bonds is 4. The van der Waals surface area contributed by atoms with Crippen LogP contribution in [0.15, 0.2) is 27.5 Å². The van der Waals surface area contributed by atoms with Crippen LogP contribution in [-0.4, -0.2) is 15.7 Å². The number of hydrogen-bond donors (Lipinski definition) is 2. The van der Waals surface area contributed by atoms with Gasteiger partial charge in [-0.2, -0.15) is 5.26 Å². The van der Waals surface area contributed by atoms with E-state index in [4.69, 9.17) is 0 Å². The molecule has 0 fully saturated rings. The van der Waals surface area contributed by atoms with Crippen molar-refractivity contribution < 1.29 is 0 Å². The molecule has 114 valence electrons. The van der Waals surface area contributed by atoms with E-state index in [0.717, 1.165) is 30.7 Å². The summed E-state index contributed by atoms with van der Waals surface area (Å²) in [6, 6.07) is 1.95. The Balaban J connectivity index is 1.90. The molecule has 0 amide bonds. The summed E-state index contributed by atoms with van der Waals surface area (Å²) in [6.45, 7) is 2.18. The molecular formula is C16H18N4OS. The van der Waals surface area contributed by atoms with Gasteiger partial charge in [0.05, 0.1) is 0 Å². The molecule has 0 saturated carbocycles. The molecule has 1 atom stereocenters. The number of nitrogens with one attached hydrogen (secondary N) is 2. The second kappa shape index (κ2) is 6.41.